The molecule has 2 aliphatic rings. The Morgan fingerprint density at radius 2 is 2.10 bits per heavy atom. The van der Waals surface area contributed by atoms with Gasteiger partial charge in [-0.05, 0) is 59.0 Å². The van der Waals surface area contributed by atoms with E-state index in [0.717, 1.165) is 26.1 Å². The molecule has 1 aliphatic heterocycles. The van der Waals surface area contributed by atoms with Crippen LogP contribution in [0.5, 0.6) is 0 Å². The van der Waals surface area contributed by atoms with Crippen LogP contribution in [0.3, 0.4) is 0 Å². The molecular formula is C16H32N2O2. The fraction of sp³-hybridized carbons (Fsp3) is 1.00. The van der Waals surface area contributed by atoms with Crippen molar-refractivity contribution in [2.24, 2.45) is 0 Å². The first-order valence-electron chi connectivity index (χ1n) is 8.30. The minimum atomic E-state index is -0.0751. The Balaban J connectivity index is 1.54. The zero-order valence-electron chi connectivity index (χ0n) is 13.2. The Morgan fingerprint density at radius 3 is 2.70 bits per heavy atom. The average molecular weight is 284 g/mol. The highest BCUT2D eigenvalue weighted by Crippen LogP contribution is 2.25. The molecule has 0 aromatic carbocycles. The molecule has 2 rings (SSSR count). The van der Waals surface area contributed by atoms with Crippen LogP contribution in [0.15, 0.2) is 0 Å². The van der Waals surface area contributed by atoms with Crippen molar-refractivity contribution < 1.29 is 9.84 Å². The third-order valence-electron chi connectivity index (χ3n) is 4.54. The summed E-state index contributed by atoms with van der Waals surface area (Å²) in [5.74, 6) is 0. The summed E-state index contributed by atoms with van der Waals surface area (Å²) in [7, 11) is 2.19. The molecule has 2 atom stereocenters. The third-order valence-corrected chi connectivity index (χ3v) is 4.54. The zero-order chi connectivity index (χ0) is 14.4. The van der Waals surface area contributed by atoms with Crippen LogP contribution in [0.25, 0.3) is 0 Å². The molecule has 2 fully saturated rings. The molecule has 2 N–H and O–H groups in total. The summed E-state index contributed by atoms with van der Waals surface area (Å²) in [6, 6.07) is 0.661. The van der Waals surface area contributed by atoms with Gasteiger partial charge in [-0.15, -0.1) is 0 Å². The smallest absolute Gasteiger partial charge is 0.0702 e. The maximum absolute atomic E-state index is 9.57. The standard InChI is InChI=1S/C16H32N2O2/c1-16(13-19,17-14-7-8-14)9-3-4-10-18(2)12-15-6-5-11-20-15/h14-15,17,19H,3-13H2,1-2H3. The fourth-order valence-electron chi connectivity index (χ4n) is 3.04. The van der Waals surface area contributed by atoms with E-state index in [1.165, 1.54) is 38.5 Å². The van der Waals surface area contributed by atoms with Crippen LogP contribution in [0, 0.1) is 0 Å². The molecule has 0 bridgehead atoms. The number of rotatable bonds is 10. The SMILES string of the molecule is CN(CCCCC(C)(CO)NC1CC1)CC1CCCO1. The summed E-state index contributed by atoms with van der Waals surface area (Å²) in [4.78, 5) is 2.39. The lowest BCUT2D eigenvalue weighted by atomic mass is 9.95. The van der Waals surface area contributed by atoms with Crippen molar-refractivity contribution in [1.29, 1.82) is 0 Å². The number of nitrogens with one attached hydrogen (secondary N) is 1. The van der Waals surface area contributed by atoms with Gasteiger partial charge in [0.1, 0.15) is 0 Å². The Hall–Kier alpha value is -0.160. The van der Waals surface area contributed by atoms with E-state index in [9.17, 15) is 5.11 Å². The number of ether oxygens (including phenoxy) is 1. The molecule has 1 aliphatic carbocycles. The number of aliphatic hydroxyl groups is 1. The molecule has 1 saturated heterocycles. The lowest BCUT2D eigenvalue weighted by Gasteiger charge is -2.29. The third kappa shape index (κ3) is 5.68. The molecule has 118 valence electrons. The summed E-state index contributed by atoms with van der Waals surface area (Å²) in [5, 5.41) is 13.2. The molecule has 20 heavy (non-hydrogen) atoms. The number of likely N-dealkylation sites (N-methyl/N-ethyl adjacent to an activating group) is 1. The normalized spacial score (nSPS) is 26.1. The van der Waals surface area contributed by atoms with Gasteiger partial charge in [0.15, 0.2) is 0 Å². The summed E-state index contributed by atoms with van der Waals surface area (Å²) < 4.78 is 5.67. The molecule has 1 saturated carbocycles. The van der Waals surface area contributed by atoms with Crippen LogP contribution in [0.2, 0.25) is 0 Å². The molecule has 4 nitrogen and oxygen atoms in total. The van der Waals surface area contributed by atoms with Crippen molar-refractivity contribution in [3.8, 4) is 0 Å². The minimum absolute atomic E-state index is 0.0751. The van der Waals surface area contributed by atoms with Gasteiger partial charge in [0.25, 0.3) is 0 Å². The highest BCUT2D eigenvalue weighted by molar-refractivity contribution is 4.92. The van der Waals surface area contributed by atoms with Crippen LogP contribution in [0.1, 0.15) is 51.9 Å². The van der Waals surface area contributed by atoms with Crippen molar-refractivity contribution in [2.75, 3.05) is 33.4 Å². The van der Waals surface area contributed by atoms with Crippen LogP contribution in [-0.4, -0.2) is 61.0 Å². The first kappa shape index (κ1) is 16.2. The lowest BCUT2D eigenvalue weighted by molar-refractivity contribution is 0.0803. The van der Waals surface area contributed by atoms with E-state index in [0.29, 0.717) is 12.1 Å². The second-order valence-corrected chi connectivity index (χ2v) is 6.99. The van der Waals surface area contributed by atoms with Gasteiger partial charge in [-0.2, -0.15) is 0 Å². The second-order valence-electron chi connectivity index (χ2n) is 6.99. The summed E-state index contributed by atoms with van der Waals surface area (Å²) in [6.45, 7) is 5.54. The molecule has 4 heteroatoms. The highest BCUT2D eigenvalue weighted by Gasteiger charge is 2.31. The quantitative estimate of drug-likeness (QED) is 0.600. The van der Waals surface area contributed by atoms with Gasteiger partial charge >= 0.3 is 0 Å². The van der Waals surface area contributed by atoms with Gasteiger partial charge in [-0.25, -0.2) is 0 Å². The average Bonchev–Trinajstić information content (AvgIpc) is 3.08. The molecule has 0 radical (unpaired) electrons. The van der Waals surface area contributed by atoms with E-state index in [2.05, 4.69) is 24.2 Å². The number of hydrogen-bond acceptors (Lipinski definition) is 4. The van der Waals surface area contributed by atoms with Gasteiger partial charge in [0.2, 0.25) is 0 Å². The summed E-state index contributed by atoms with van der Waals surface area (Å²) in [6.07, 6.45) is 8.89. The Labute approximate surface area is 123 Å². The molecule has 0 aromatic heterocycles. The van der Waals surface area contributed by atoms with Gasteiger partial charge in [0, 0.05) is 24.7 Å². The molecule has 0 amide bonds. The topological polar surface area (TPSA) is 44.7 Å². The van der Waals surface area contributed by atoms with Crippen molar-refractivity contribution >= 4 is 0 Å². The Kier molecular flexibility index (Phi) is 6.27. The molecule has 1 heterocycles. The van der Waals surface area contributed by atoms with Crippen molar-refractivity contribution in [3.05, 3.63) is 0 Å². The van der Waals surface area contributed by atoms with E-state index in [1.807, 2.05) is 0 Å². The minimum Gasteiger partial charge on any atom is -0.394 e. The van der Waals surface area contributed by atoms with Crippen LogP contribution >= 0.6 is 0 Å². The Bertz CT molecular complexity index is 278. The monoisotopic (exact) mass is 284 g/mol. The highest BCUT2D eigenvalue weighted by atomic mass is 16.5. The maximum atomic E-state index is 9.57. The molecule has 0 spiro atoms. The van der Waals surface area contributed by atoms with Crippen molar-refractivity contribution in [2.45, 2.75) is 69.6 Å². The predicted octanol–water partition coefficient (Wildman–Crippen LogP) is 1.77. The number of hydrogen-bond donors (Lipinski definition) is 2. The van der Waals surface area contributed by atoms with Gasteiger partial charge in [0.05, 0.1) is 12.7 Å². The number of aliphatic hydroxyl groups excluding tert-OH is 1. The summed E-state index contributed by atoms with van der Waals surface area (Å²) >= 11 is 0. The number of nitrogens with zero attached hydrogens (tertiary/aromatic N) is 1. The van der Waals surface area contributed by atoms with Crippen LogP contribution in [0.4, 0.5) is 0 Å². The second kappa shape index (κ2) is 7.74. The molecule has 0 aromatic rings. The molecule has 2 unspecified atom stereocenters. The number of unbranched alkanes of at least 4 members (excludes halogenated alkanes) is 1. The van der Waals surface area contributed by atoms with E-state index in [-0.39, 0.29) is 12.1 Å². The lowest BCUT2D eigenvalue weighted by Crippen LogP contribution is -2.47. The van der Waals surface area contributed by atoms with Gasteiger partial charge < -0.3 is 20.1 Å². The van der Waals surface area contributed by atoms with Crippen molar-refractivity contribution in [1.82, 2.24) is 10.2 Å². The van der Waals surface area contributed by atoms with Crippen LogP contribution in [-0.2, 0) is 4.74 Å². The first-order chi connectivity index (χ1) is 9.61. The van der Waals surface area contributed by atoms with Crippen LogP contribution < -0.4 is 5.32 Å². The van der Waals surface area contributed by atoms with E-state index in [4.69, 9.17) is 4.74 Å². The predicted molar refractivity (Wildman–Crippen MR) is 82.0 cm³/mol. The molecular weight excluding hydrogens is 252 g/mol. The van der Waals surface area contributed by atoms with Crippen molar-refractivity contribution in [3.63, 3.8) is 0 Å². The first-order valence-corrected chi connectivity index (χ1v) is 8.30. The van der Waals surface area contributed by atoms with Gasteiger partial charge in [-0.3, -0.25) is 0 Å². The maximum Gasteiger partial charge on any atom is 0.0702 e. The fourth-order valence-corrected chi connectivity index (χ4v) is 3.04. The van der Waals surface area contributed by atoms with Gasteiger partial charge in [-0.1, -0.05) is 6.42 Å². The zero-order valence-corrected chi connectivity index (χ0v) is 13.2. The van der Waals surface area contributed by atoms with E-state index < -0.39 is 0 Å². The van der Waals surface area contributed by atoms with E-state index >= 15 is 0 Å². The van der Waals surface area contributed by atoms with E-state index in [1.54, 1.807) is 0 Å². The summed E-state index contributed by atoms with van der Waals surface area (Å²) in [5.41, 5.74) is -0.0751. The largest absolute Gasteiger partial charge is 0.394 e. The Morgan fingerprint density at radius 1 is 1.30 bits per heavy atom.